The average molecular weight is 294 g/mol. The van der Waals surface area contributed by atoms with Gasteiger partial charge in [-0.25, -0.2) is 0 Å². The molecule has 0 amide bonds. The fourth-order valence-corrected chi connectivity index (χ4v) is 2.32. The van der Waals surface area contributed by atoms with E-state index in [1.165, 1.54) is 0 Å². The van der Waals surface area contributed by atoms with Crippen LogP contribution in [-0.4, -0.2) is 22.4 Å². The molecule has 3 rings (SSSR count). The minimum absolute atomic E-state index is 0.630. The number of aromatic nitrogens is 2. The molecule has 0 spiro atoms. The van der Waals surface area contributed by atoms with Crippen LogP contribution >= 0.6 is 12.2 Å². The predicted molar refractivity (Wildman–Crippen MR) is 90.6 cm³/mol. The number of thiocarbonyl (C=S) groups is 1. The van der Waals surface area contributed by atoms with Crippen LogP contribution in [0, 0.1) is 0 Å². The number of benzene rings is 2. The Morgan fingerprint density at radius 1 is 1.00 bits per heavy atom. The van der Waals surface area contributed by atoms with E-state index < -0.39 is 0 Å². The Balaban J connectivity index is 1.87. The summed E-state index contributed by atoms with van der Waals surface area (Å²) < 4.78 is 0. The third-order valence-electron chi connectivity index (χ3n) is 3.28. The van der Waals surface area contributed by atoms with Gasteiger partial charge in [-0.2, -0.15) is 10.2 Å². The third kappa shape index (κ3) is 2.83. The van der Waals surface area contributed by atoms with E-state index in [1.807, 2.05) is 60.5 Å². The molecule has 0 saturated carbocycles. The Morgan fingerprint density at radius 3 is 2.57 bits per heavy atom. The summed E-state index contributed by atoms with van der Waals surface area (Å²) in [5.41, 5.74) is 1.96. The van der Waals surface area contributed by atoms with Crippen LogP contribution in [0.3, 0.4) is 0 Å². The molecule has 4 nitrogen and oxygen atoms in total. The third-order valence-corrected chi connectivity index (χ3v) is 3.66. The summed E-state index contributed by atoms with van der Waals surface area (Å²) in [7, 11) is 1.94. The SMILES string of the molecule is CN(C(=S)Nc1cccc2cnncc12)c1ccccc1. The summed E-state index contributed by atoms with van der Waals surface area (Å²) in [6.07, 6.45) is 3.48. The van der Waals surface area contributed by atoms with Crippen LogP contribution < -0.4 is 10.2 Å². The summed E-state index contributed by atoms with van der Waals surface area (Å²) in [5.74, 6) is 0. The Labute approximate surface area is 128 Å². The summed E-state index contributed by atoms with van der Waals surface area (Å²) >= 11 is 5.48. The second kappa shape index (κ2) is 5.85. The van der Waals surface area contributed by atoms with Crippen LogP contribution in [0.1, 0.15) is 0 Å². The number of nitrogens with one attached hydrogen (secondary N) is 1. The van der Waals surface area contributed by atoms with E-state index in [0.717, 1.165) is 22.1 Å². The first-order valence-electron chi connectivity index (χ1n) is 6.55. The number of nitrogens with zero attached hydrogens (tertiary/aromatic N) is 3. The van der Waals surface area contributed by atoms with E-state index in [0.29, 0.717) is 5.11 Å². The van der Waals surface area contributed by atoms with Gasteiger partial charge in [-0.1, -0.05) is 30.3 Å². The first-order valence-corrected chi connectivity index (χ1v) is 6.96. The van der Waals surface area contributed by atoms with Crippen LogP contribution in [0.2, 0.25) is 0 Å². The average Bonchev–Trinajstić information content (AvgIpc) is 2.55. The number of hydrogen-bond donors (Lipinski definition) is 1. The lowest BCUT2D eigenvalue weighted by Gasteiger charge is -2.21. The van der Waals surface area contributed by atoms with Gasteiger partial charge in [0.25, 0.3) is 0 Å². The lowest BCUT2D eigenvalue weighted by molar-refractivity contribution is 1.05. The molecule has 0 unspecified atom stereocenters. The van der Waals surface area contributed by atoms with Crippen molar-refractivity contribution in [1.29, 1.82) is 0 Å². The van der Waals surface area contributed by atoms with Crippen LogP contribution in [0.4, 0.5) is 11.4 Å². The summed E-state index contributed by atoms with van der Waals surface area (Å²) in [6, 6.07) is 15.9. The van der Waals surface area contributed by atoms with Crippen molar-refractivity contribution in [2.45, 2.75) is 0 Å². The maximum atomic E-state index is 5.48. The van der Waals surface area contributed by atoms with Crippen LogP contribution in [-0.2, 0) is 0 Å². The maximum absolute atomic E-state index is 5.48. The number of fused-ring (bicyclic) bond motifs is 1. The normalized spacial score (nSPS) is 10.3. The van der Waals surface area contributed by atoms with Crippen molar-refractivity contribution in [3.63, 3.8) is 0 Å². The Bertz CT molecular complexity index is 768. The zero-order valence-corrected chi connectivity index (χ0v) is 12.3. The molecule has 0 aliphatic rings. The molecule has 2 aromatic carbocycles. The van der Waals surface area contributed by atoms with Gasteiger partial charge in [0.05, 0.1) is 12.4 Å². The molecule has 1 heterocycles. The molecule has 0 radical (unpaired) electrons. The van der Waals surface area contributed by atoms with Gasteiger partial charge in [-0.15, -0.1) is 0 Å². The van der Waals surface area contributed by atoms with E-state index in [4.69, 9.17) is 12.2 Å². The molecule has 3 aromatic rings. The molecule has 104 valence electrons. The zero-order valence-electron chi connectivity index (χ0n) is 11.5. The Hall–Kier alpha value is -2.53. The van der Waals surface area contributed by atoms with Crippen LogP contribution in [0.25, 0.3) is 10.8 Å². The van der Waals surface area contributed by atoms with E-state index in [1.54, 1.807) is 12.4 Å². The van der Waals surface area contributed by atoms with Gasteiger partial charge in [-0.3, -0.25) is 0 Å². The maximum Gasteiger partial charge on any atom is 0.177 e. The van der Waals surface area contributed by atoms with Crippen molar-refractivity contribution in [3.05, 3.63) is 60.9 Å². The van der Waals surface area contributed by atoms with Gasteiger partial charge < -0.3 is 10.2 Å². The molecule has 0 bridgehead atoms. The predicted octanol–water partition coefficient (Wildman–Crippen LogP) is 3.46. The van der Waals surface area contributed by atoms with Crippen molar-refractivity contribution in [2.75, 3.05) is 17.3 Å². The quantitative estimate of drug-likeness (QED) is 0.733. The largest absolute Gasteiger partial charge is 0.332 e. The number of para-hydroxylation sites is 1. The van der Waals surface area contributed by atoms with E-state index >= 15 is 0 Å². The van der Waals surface area contributed by atoms with E-state index in [-0.39, 0.29) is 0 Å². The summed E-state index contributed by atoms with van der Waals surface area (Å²) in [5, 5.41) is 13.8. The molecule has 0 fully saturated rings. The molecule has 0 aliphatic carbocycles. The minimum Gasteiger partial charge on any atom is -0.332 e. The van der Waals surface area contributed by atoms with Crippen molar-refractivity contribution >= 4 is 39.5 Å². The van der Waals surface area contributed by atoms with Crippen molar-refractivity contribution in [3.8, 4) is 0 Å². The van der Waals surface area contributed by atoms with Gasteiger partial charge in [-0.05, 0) is 30.4 Å². The smallest absolute Gasteiger partial charge is 0.177 e. The lowest BCUT2D eigenvalue weighted by Crippen LogP contribution is -2.30. The molecule has 0 aliphatic heterocycles. The van der Waals surface area contributed by atoms with Gasteiger partial charge in [0.15, 0.2) is 5.11 Å². The zero-order chi connectivity index (χ0) is 14.7. The highest BCUT2D eigenvalue weighted by Gasteiger charge is 2.08. The van der Waals surface area contributed by atoms with Gasteiger partial charge in [0, 0.05) is 29.2 Å². The van der Waals surface area contributed by atoms with Crippen LogP contribution in [0.15, 0.2) is 60.9 Å². The molecular formula is C16H14N4S. The highest BCUT2D eigenvalue weighted by molar-refractivity contribution is 7.80. The molecule has 1 aromatic heterocycles. The molecule has 21 heavy (non-hydrogen) atoms. The van der Waals surface area contributed by atoms with Gasteiger partial charge >= 0.3 is 0 Å². The molecule has 0 atom stereocenters. The molecular weight excluding hydrogens is 280 g/mol. The fraction of sp³-hybridized carbons (Fsp3) is 0.0625. The number of hydrogen-bond acceptors (Lipinski definition) is 3. The standard InChI is InChI=1S/C16H14N4S/c1-20(13-7-3-2-4-8-13)16(21)19-15-9-5-6-12-10-17-18-11-14(12)15/h2-11H,1H3,(H,19,21). The second-order valence-electron chi connectivity index (χ2n) is 4.62. The number of rotatable bonds is 2. The molecule has 1 N–H and O–H groups in total. The Kier molecular flexibility index (Phi) is 3.75. The minimum atomic E-state index is 0.630. The van der Waals surface area contributed by atoms with Crippen molar-refractivity contribution in [2.24, 2.45) is 0 Å². The van der Waals surface area contributed by atoms with E-state index in [2.05, 4.69) is 15.5 Å². The molecule has 0 saturated heterocycles. The summed E-state index contributed by atoms with van der Waals surface area (Å²) in [4.78, 5) is 1.93. The lowest BCUT2D eigenvalue weighted by atomic mass is 10.2. The van der Waals surface area contributed by atoms with Gasteiger partial charge in [0.2, 0.25) is 0 Å². The summed E-state index contributed by atoms with van der Waals surface area (Å²) in [6.45, 7) is 0. The van der Waals surface area contributed by atoms with Gasteiger partial charge in [0.1, 0.15) is 0 Å². The fourth-order valence-electron chi connectivity index (χ4n) is 2.10. The van der Waals surface area contributed by atoms with E-state index in [9.17, 15) is 0 Å². The first kappa shape index (κ1) is 13.5. The van der Waals surface area contributed by atoms with Crippen molar-refractivity contribution in [1.82, 2.24) is 10.2 Å². The van der Waals surface area contributed by atoms with Crippen LogP contribution in [0.5, 0.6) is 0 Å². The topological polar surface area (TPSA) is 41.0 Å². The monoisotopic (exact) mass is 294 g/mol. The highest BCUT2D eigenvalue weighted by Crippen LogP contribution is 2.22. The Morgan fingerprint density at radius 2 is 1.76 bits per heavy atom. The highest BCUT2D eigenvalue weighted by atomic mass is 32.1. The molecule has 5 heteroatoms. The first-order chi connectivity index (χ1) is 10.3. The second-order valence-corrected chi connectivity index (χ2v) is 5.01. The number of anilines is 2. The van der Waals surface area contributed by atoms with Crippen molar-refractivity contribution < 1.29 is 0 Å².